The van der Waals surface area contributed by atoms with E-state index >= 15 is 0 Å². The summed E-state index contributed by atoms with van der Waals surface area (Å²) in [6.07, 6.45) is 0. The van der Waals surface area contributed by atoms with Gasteiger partial charge in [0, 0.05) is 10.2 Å². The number of nitrogens with two attached hydrogens (primary N) is 1. The predicted octanol–water partition coefficient (Wildman–Crippen LogP) is 3.66. The Balaban J connectivity index is 2.15. The quantitative estimate of drug-likeness (QED) is 0.840. The average Bonchev–Trinajstić information content (AvgIpc) is 2.38. The molecule has 20 heavy (non-hydrogen) atoms. The smallest absolute Gasteiger partial charge is 0.253 e. The van der Waals surface area contributed by atoms with Crippen LogP contribution < -0.4 is 11.1 Å². The fourth-order valence-electron chi connectivity index (χ4n) is 1.87. The van der Waals surface area contributed by atoms with Crippen LogP contribution in [0.5, 0.6) is 0 Å². The van der Waals surface area contributed by atoms with Crippen molar-refractivity contribution in [1.29, 1.82) is 0 Å². The van der Waals surface area contributed by atoms with Crippen LogP contribution in [0.3, 0.4) is 0 Å². The summed E-state index contributed by atoms with van der Waals surface area (Å²) < 4.78 is 14.0. The number of nitrogens with one attached hydrogen (secondary N) is 1. The van der Waals surface area contributed by atoms with Crippen LogP contribution in [0.25, 0.3) is 0 Å². The highest BCUT2D eigenvalue weighted by Crippen LogP contribution is 2.20. The monoisotopic (exact) mass is 336 g/mol. The van der Waals surface area contributed by atoms with Gasteiger partial charge in [0.1, 0.15) is 5.82 Å². The van der Waals surface area contributed by atoms with Crippen LogP contribution >= 0.6 is 15.9 Å². The second kappa shape index (κ2) is 6.05. The summed E-state index contributed by atoms with van der Waals surface area (Å²) in [7, 11) is 0. The standard InChI is InChI=1S/C15H14BrFN2O/c1-9(10-3-2-4-12(17)7-10)19-15(20)13-6-5-11(16)8-14(13)18/h2-9H,18H2,1H3,(H,19,20)/t9-/m1/s1. The molecule has 104 valence electrons. The maximum absolute atomic E-state index is 13.2. The van der Waals surface area contributed by atoms with Gasteiger partial charge in [0.15, 0.2) is 0 Å². The van der Waals surface area contributed by atoms with Crippen molar-refractivity contribution >= 4 is 27.5 Å². The number of benzene rings is 2. The second-order valence-electron chi connectivity index (χ2n) is 4.48. The largest absolute Gasteiger partial charge is 0.398 e. The number of rotatable bonds is 3. The number of hydrogen-bond acceptors (Lipinski definition) is 2. The van der Waals surface area contributed by atoms with Crippen LogP contribution in [0.4, 0.5) is 10.1 Å². The molecule has 3 nitrogen and oxygen atoms in total. The van der Waals surface area contributed by atoms with E-state index in [4.69, 9.17) is 5.73 Å². The van der Waals surface area contributed by atoms with Gasteiger partial charge in [-0.25, -0.2) is 4.39 Å². The normalized spacial score (nSPS) is 11.9. The zero-order chi connectivity index (χ0) is 14.7. The Morgan fingerprint density at radius 2 is 2.05 bits per heavy atom. The molecule has 1 amide bonds. The minimum atomic E-state index is -0.327. The van der Waals surface area contributed by atoms with Crippen LogP contribution in [0.15, 0.2) is 46.9 Å². The van der Waals surface area contributed by atoms with Crippen molar-refractivity contribution in [2.24, 2.45) is 0 Å². The highest BCUT2D eigenvalue weighted by atomic mass is 79.9. The fourth-order valence-corrected chi connectivity index (χ4v) is 2.25. The van der Waals surface area contributed by atoms with Gasteiger partial charge in [-0.1, -0.05) is 28.1 Å². The van der Waals surface area contributed by atoms with Crippen molar-refractivity contribution in [2.45, 2.75) is 13.0 Å². The van der Waals surface area contributed by atoms with E-state index in [0.717, 1.165) is 4.47 Å². The first-order chi connectivity index (χ1) is 9.47. The van der Waals surface area contributed by atoms with Gasteiger partial charge in [-0.15, -0.1) is 0 Å². The lowest BCUT2D eigenvalue weighted by Gasteiger charge is -2.15. The van der Waals surface area contributed by atoms with Gasteiger partial charge in [-0.05, 0) is 42.8 Å². The van der Waals surface area contributed by atoms with E-state index in [9.17, 15) is 9.18 Å². The van der Waals surface area contributed by atoms with Crippen molar-refractivity contribution in [3.63, 3.8) is 0 Å². The summed E-state index contributed by atoms with van der Waals surface area (Å²) in [5.74, 6) is -0.612. The second-order valence-corrected chi connectivity index (χ2v) is 5.40. The van der Waals surface area contributed by atoms with Gasteiger partial charge in [-0.3, -0.25) is 4.79 Å². The third-order valence-electron chi connectivity index (χ3n) is 2.95. The maximum Gasteiger partial charge on any atom is 0.253 e. The van der Waals surface area contributed by atoms with E-state index in [1.807, 2.05) is 0 Å². The summed E-state index contributed by atoms with van der Waals surface area (Å²) in [6, 6.07) is 10.9. The number of nitrogen functional groups attached to an aromatic ring is 1. The Hall–Kier alpha value is -1.88. The average molecular weight is 337 g/mol. The van der Waals surface area contributed by atoms with Gasteiger partial charge < -0.3 is 11.1 Å². The fraction of sp³-hybridized carbons (Fsp3) is 0.133. The van der Waals surface area contributed by atoms with Crippen molar-refractivity contribution in [3.05, 3.63) is 63.9 Å². The van der Waals surface area contributed by atoms with Crippen LogP contribution in [0.2, 0.25) is 0 Å². The molecule has 0 aliphatic heterocycles. The Bertz CT molecular complexity index is 646. The summed E-state index contributed by atoms with van der Waals surface area (Å²) in [6.45, 7) is 1.79. The van der Waals surface area contributed by atoms with E-state index in [-0.39, 0.29) is 17.8 Å². The summed E-state index contributed by atoms with van der Waals surface area (Å²) in [5, 5.41) is 2.80. The Labute approximate surface area is 125 Å². The molecule has 0 bridgehead atoms. The first kappa shape index (κ1) is 14.5. The SMILES string of the molecule is C[C@@H](NC(=O)c1ccc(Br)cc1N)c1cccc(F)c1. The molecule has 1 atom stereocenters. The van der Waals surface area contributed by atoms with E-state index in [0.29, 0.717) is 16.8 Å². The van der Waals surface area contributed by atoms with Gasteiger partial charge in [0.2, 0.25) is 0 Å². The number of halogens is 2. The lowest BCUT2D eigenvalue weighted by molar-refractivity contribution is 0.0940. The van der Waals surface area contributed by atoms with Crippen LogP contribution in [-0.4, -0.2) is 5.91 Å². The van der Waals surface area contributed by atoms with Gasteiger partial charge in [0.05, 0.1) is 11.6 Å². The molecule has 0 radical (unpaired) electrons. The zero-order valence-electron chi connectivity index (χ0n) is 10.9. The Kier molecular flexibility index (Phi) is 4.39. The van der Waals surface area contributed by atoms with Crippen molar-refractivity contribution in [2.75, 3.05) is 5.73 Å². The van der Waals surface area contributed by atoms with Crippen molar-refractivity contribution in [3.8, 4) is 0 Å². The molecule has 0 aliphatic rings. The van der Waals surface area contributed by atoms with Gasteiger partial charge in [0.25, 0.3) is 5.91 Å². The molecular formula is C15H14BrFN2O. The molecule has 0 heterocycles. The molecule has 0 saturated heterocycles. The summed E-state index contributed by atoms with van der Waals surface area (Å²) >= 11 is 3.29. The molecule has 3 N–H and O–H groups in total. The van der Waals surface area contributed by atoms with Crippen LogP contribution in [-0.2, 0) is 0 Å². The maximum atomic E-state index is 13.2. The molecule has 2 aromatic carbocycles. The molecule has 0 spiro atoms. The molecule has 0 fully saturated rings. The summed E-state index contributed by atoms with van der Waals surface area (Å²) in [4.78, 5) is 12.1. The molecule has 5 heteroatoms. The van der Waals surface area contributed by atoms with E-state index in [1.54, 1.807) is 37.3 Å². The third-order valence-corrected chi connectivity index (χ3v) is 3.45. The van der Waals surface area contributed by atoms with E-state index < -0.39 is 0 Å². The number of carbonyl (C=O) groups excluding carboxylic acids is 1. The number of amides is 1. The minimum Gasteiger partial charge on any atom is -0.398 e. The lowest BCUT2D eigenvalue weighted by atomic mass is 10.1. The molecule has 0 saturated carbocycles. The van der Waals surface area contributed by atoms with Crippen molar-refractivity contribution < 1.29 is 9.18 Å². The number of carbonyl (C=O) groups is 1. The first-order valence-corrected chi connectivity index (χ1v) is 6.88. The number of hydrogen-bond donors (Lipinski definition) is 2. The molecule has 2 rings (SSSR count). The third kappa shape index (κ3) is 3.36. The van der Waals surface area contributed by atoms with Crippen LogP contribution in [0, 0.1) is 5.82 Å². The Morgan fingerprint density at radius 3 is 2.70 bits per heavy atom. The first-order valence-electron chi connectivity index (χ1n) is 6.08. The zero-order valence-corrected chi connectivity index (χ0v) is 12.4. The van der Waals surface area contributed by atoms with Crippen molar-refractivity contribution in [1.82, 2.24) is 5.32 Å². The highest BCUT2D eigenvalue weighted by Gasteiger charge is 2.14. The summed E-state index contributed by atoms with van der Waals surface area (Å²) in [5.41, 5.74) is 7.30. The van der Waals surface area contributed by atoms with E-state index in [1.165, 1.54) is 12.1 Å². The predicted molar refractivity (Wildman–Crippen MR) is 80.8 cm³/mol. The van der Waals surface area contributed by atoms with Gasteiger partial charge >= 0.3 is 0 Å². The molecule has 2 aromatic rings. The van der Waals surface area contributed by atoms with Gasteiger partial charge in [-0.2, -0.15) is 0 Å². The Morgan fingerprint density at radius 1 is 1.30 bits per heavy atom. The molecule has 0 aliphatic carbocycles. The van der Waals surface area contributed by atoms with E-state index in [2.05, 4.69) is 21.2 Å². The lowest BCUT2D eigenvalue weighted by Crippen LogP contribution is -2.27. The highest BCUT2D eigenvalue weighted by molar-refractivity contribution is 9.10. The number of anilines is 1. The minimum absolute atomic E-state index is 0.285. The molecule has 0 aromatic heterocycles. The topological polar surface area (TPSA) is 55.1 Å². The molecule has 0 unspecified atom stereocenters. The van der Waals surface area contributed by atoms with Crippen LogP contribution in [0.1, 0.15) is 28.9 Å². The molecular weight excluding hydrogens is 323 g/mol.